The Hall–Kier alpha value is 0.310. The fourth-order valence-corrected chi connectivity index (χ4v) is 0.827. The molecule has 0 rings (SSSR count). The standard InChI is InChI=1S/C7H17NS/c1-4-5-6-7(9)8(2)3/h7,9H,4-6H2,1-3H3. The molecule has 0 heterocycles. The third-order valence-corrected chi connectivity index (χ3v) is 2.13. The average Bonchev–Trinajstić information content (AvgIpc) is 1.82. The molecule has 9 heavy (non-hydrogen) atoms. The molecular weight excluding hydrogens is 130 g/mol. The summed E-state index contributed by atoms with van der Waals surface area (Å²) in [6.07, 6.45) is 3.75. The zero-order chi connectivity index (χ0) is 7.28. The third-order valence-electron chi connectivity index (χ3n) is 1.41. The molecule has 0 saturated carbocycles. The van der Waals surface area contributed by atoms with Crippen LogP contribution in [-0.2, 0) is 0 Å². The van der Waals surface area contributed by atoms with Crippen LogP contribution in [0.15, 0.2) is 0 Å². The molecular formula is C7H17NS. The van der Waals surface area contributed by atoms with Crippen molar-refractivity contribution in [3.8, 4) is 0 Å². The highest BCUT2D eigenvalue weighted by atomic mass is 32.1. The third kappa shape index (κ3) is 4.79. The van der Waals surface area contributed by atoms with Gasteiger partial charge in [-0.3, -0.25) is 4.90 Å². The molecule has 0 radical (unpaired) electrons. The van der Waals surface area contributed by atoms with E-state index in [9.17, 15) is 0 Å². The van der Waals surface area contributed by atoms with E-state index in [-0.39, 0.29) is 0 Å². The summed E-state index contributed by atoms with van der Waals surface area (Å²) >= 11 is 4.38. The number of unbranched alkanes of at least 4 members (excludes halogenated alkanes) is 1. The summed E-state index contributed by atoms with van der Waals surface area (Å²) in [4.78, 5) is 2.14. The summed E-state index contributed by atoms with van der Waals surface area (Å²) < 4.78 is 0. The number of hydrogen-bond donors (Lipinski definition) is 1. The minimum Gasteiger partial charge on any atom is -0.298 e. The molecule has 0 aromatic carbocycles. The van der Waals surface area contributed by atoms with Crippen LogP contribution in [0.1, 0.15) is 26.2 Å². The van der Waals surface area contributed by atoms with E-state index >= 15 is 0 Å². The highest BCUT2D eigenvalue weighted by Crippen LogP contribution is 2.07. The van der Waals surface area contributed by atoms with E-state index in [0.29, 0.717) is 5.37 Å². The van der Waals surface area contributed by atoms with Crippen molar-refractivity contribution in [2.45, 2.75) is 31.6 Å². The van der Waals surface area contributed by atoms with Crippen molar-refractivity contribution < 1.29 is 0 Å². The van der Waals surface area contributed by atoms with Crippen molar-refractivity contribution in [2.24, 2.45) is 0 Å². The van der Waals surface area contributed by atoms with Crippen LogP contribution in [0.25, 0.3) is 0 Å². The van der Waals surface area contributed by atoms with Crippen LogP contribution >= 0.6 is 12.6 Å². The Labute approximate surface area is 63.8 Å². The molecule has 0 aliphatic carbocycles. The maximum Gasteiger partial charge on any atom is 0.0522 e. The van der Waals surface area contributed by atoms with Gasteiger partial charge in [0.1, 0.15) is 0 Å². The van der Waals surface area contributed by atoms with E-state index in [2.05, 4.69) is 38.5 Å². The molecule has 0 fully saturated rings. The van der Waals surface area contributed by atoms with Gasteiger partial charge in [0.25, 0.3) is 0 Å². The first-order valence-corrected chi connectivity index (χ1v) is 4.04. The van der Waals surface area contributed by atoms with Gasteiger partial charge >= 0.3 is 0 Å². The summed E-state index contributed by atoms with van der Waals surface area (Å²) in [7, 11) is 4.13. The maximum absolute atomic E-state index is 4.38. The van der Waals surface area contributed by atoms with Gasteiger partial charge in [-0.05, 0) is 20.5 Å². The monoisotopic (exact) mass is 147 g/mol. The van der Waals surface area contributed by atoms with E-state index in [1.54, 1.807) is 0 Å². The van der Waals surface area contributed by atoms with Gasteiger partial charge < -0.3 is 0 Å². The molecule has 0 aromatic heterocycles. The summed E-state index contributed by atoms with van der Waals surface area (Å²) in [5, 5.41) is 0.449. The minimum absolute atomic E-state index is 0.449. The molecule has 1 atom stereocenters. The van der Waals surface area contributed by atoms with Gasteiger partial charge in [-0.2, -0.15) is 12.6 Å². The van der Waals surface area contributed by atoms with Gasteiger partial charge in [0.15, 0.2) is 0 Å². The van der Waals surface area contributed by atoms with E-state index in [1.165, 1.54) is 19.3 Å². The Morgan fingerprint density at radius 3 is 2.33 bits per heavy atom. The zero-order valence-electron chi connectivity index (χ0n) is 6.59. The number of thiol groups is 1. The molecule has 0 bridgehead atoms. The summed E-state index contributed by atoms with van der Waals surface area (Å²) in [5.41, 5.74) is 0. The molecule has 1 unspecified atom stereocenters. The lowest BCUT2D eigenvalue weighted by Crippen LogP contribution is -2.21. The fourth-order valence-electron chi connectivity index (χ4n) is 0.645. The van der Waals surface area contributed by atoms with Gasteiger partial charge in [0.2, 0.25) is 0 Å². The number of rotatable bonds is 4. The molecule has 0 amide bonds. The first kappa shape index (κ1) is 9.31. The summed E-state index contributed by atoms with van der Waals surface area (Å²) in [5.74, 6) is 0. The minimum atomic E-state index is 0.449. The van der Waals surface area contributed by atoms with E-state index < -0.39 is 0 Å². The van der Waals surface area contributed by atoms with E-state index in [1.807, 2.05) is 0 Å². The van der Waals surface area contributed by atoms with Crippen molar-refractivity contribution in [1.82, 2.24) is 4.90 Å². The summed E-state index contributed by atoms with van der Waals surface area (Å²) in [6, 6.07) is 0. The first-order chi connectivity index (χ1) is 4.18. The van der Waals surface area contributed by atoms with Crippen molar-refractivity contribution in [2.75, 3.05) is 14.1 Å². The Morgan fingerprint density at radius 2 is 2.00 bits per heavy atom. The fraction of sp³-hybridized carbons (Fsp3) is 1.00. The van der Waals surface area contributed by atoms with Crippen LogP contribution in [0.3, 0.4) is 0 Å². The highest BCUT2D eigenvalue weighted by Gasteiger charge is 2.02. The van der Waals surface area contributed by atoms with Gasteiger partial charge in [-0.25, -0.2) is 0 Å². The molecule has 0 aromatic rings. The maximum atomic E-state index is 4.38. The second-order valence-electron chi connectivity index (χ2n) is 2.59. The van der Waals surface area contributed by atoms with E-state index in [4.69, 9.17) is 0 Å². The molecule has 0 aliphatic rings. The van der Waals surface area contributed by atoms with Crippen molar-refractivity contribution in [3.05, 3.63) is 0 Å². The number of hydrogen-bond acceptors (Lipinski definition) is 2. The van der Waals surface area contributed by atoms with Gasteiger partial charge in [-0.15, -0.1) is 0 Å². The average molecular weight is 147 g/mol. The van der Waals surface area contributed by atoms with Crippen LogP contribution in [0.2, 0.25) is 0 Å². The molecule has 1 nitrogen and oxygen atoms in total. The molecule has 0 saturated heterocycles. The molecule has 2 heteroatoms. The largest absolute Gasteiger partial charge is 0.298 e. The molecule has 56 valence electrons. The Kier molecular flexibility index (Phi) is 5.30. The van der Waals surface area contributed by atoms with Crippen molar-refractivity contribution in [1.29, 1.82) is 0 Å². The topological polar surface area (TPSA) is 3.24 Å². The molecule has 0 N–H and O–H groups in total. The summed E-state index contributed by atoms with van der Waals surface area (Å²) in [6.45, 7) is 2.20. The van der Waals surface area contributed by atoms with Crippen LogP contribution in [0.5, 0.6) is 0 Å². The van der Waals surface area contributed by atoms with Crippen LogP contribution in [-0.4, -0.2) is 24.4 Å². The van der Waals surface area contributed by atoms with Crippen LogP contribution in [0.4, 0.5) is 0 Å². The van der Waals surface area contributed by atoms with Gasteiger partial charge in [0.05, 0.1) is 5.37 Å². The van der Waals surface area contributed by atoms with Crippen LogP contribution < -0.4 is 0 Å². The lowest BCUT2D eigenvalue weighted by molar-refractivity contribution is 0.363. The van der Waals surface area contributed by atoms with Crippen molar-refractivity contribution >= 4 is 12.6 Å². The predicted molar refractivity (Wildman–Crippen MR) is 46.0 cm³/mol. The Balaban J connectivity index is 3.16. The number of nitrogens with zero attached hydrogens (tertiary/aromatic N) is 1. The second kappa shape index (κ2) is 5.12. The second-order valence-corrected chi connectivity index (χ2v) is 3.18. The van der Waals surface area contributed by atoms with Gasteiger partial charge in [0, 0.05) is 0 Å². The molecule has 0 aliphatic heterocycles. The predicted octanol–water partition coefficient (Wildman–Crippen LogP) is 1.99. The Morgan fingerprint density at radius 1 is 1.44 bits per heavy atom. The zero-order valence-corrected chi connectivity index (χ0v) is 7.49. The molecule has 0 spiro atoms. The normalized spacial score (nSPS) is 14.3. The quantitative estimate of drug-likeness (QED) is 0.470. The smallest absolute Gasteiger partial charge is 0.0522 e. The van der Waals surface area contributed by atoms with Gasteiger partial charge in [-0.1, -0.05) is 19.8 Å². The first-order valence-electron chi connectivity index (χ1n) is 3.53. The highest BCUT2D eigenvalue weighted by molar-refractivity contribution is 7.80. The SMILES string of the molecule is CCCCC(S)N(C)C. The lowest BCUT2D eigenvalue weighted by atomic mass is 10.2. The lowest BCUT2D eigenvalue weighted by Gasteiger charge is -2.17. The van der Waals surface area contributed by atoms with Crippen LogP contribution in [0, 0.1) is 0 Å². The van der Waals surface area contributed by atoms with E-state index in [0.717, 1.165) is 0 Å². The van der Waals surface area contributed by atoms with Crippen molar-refractivity contribution in [3.63, 3.8) is 0 Å². The Bertz CT molecular complexity index is 63.9.